The Bertz CT molecular complexity index is 380. The van der Waals surface area contributed by atoms with Crippen molar-refractivity contribution in [1.29, 1.82) is 0 Å². The first kappa shape index (κ1) is 30.6. The molecule has 1 aromatic carbocycles. The smallest absolute Gasteiger partial charge is 0.234 e. The third-order valence-corrected chi connectivity index (χ3v) is 3.26. The Kier molecular flexibility index (Phi) is 22.1. The Morgan fingerprint density at radius 1 is 1.00 bits per heavy atom. The van der Waals surface area contributed by atoms with E-state index in [0.29, 0.717) is 18.5 Å². The Morgan fingerprint density at radius 2 is 1.52 bits per heavy atom. The summed E-state index contributed by atoms with van der Waals surface area (Å²) < 4.78 is 0. The summed E-state index contributed by atoms with van der Waals surface area (Å²) in [5, 5.41) is 2.79. The minimum atomic E-state index is 0. The van der Waals surface area contributed by atoms with E-state index < -0.39 is 0 Å². The van der Waals surface area contributed by atoms with Gasteiger partial charge in [0.15, 0.2) is 0 Å². The zero-order valence-electron chi connectivity index (χ0n) is 13.1. The number of nitrogens with zero attached hydrogens (tertiary/aromatic N) is 1. The molecule has 0 bridgehead atoms. The number of rotatable bonds is 2. The molecule has 1 heterocycles. The second kappa shape index (κ2) is 16.6. The molecule has 0 aliphatic carbocycles. The van der Waals surface area contributed by atoms with E-state index in [0.717, 1.165) is 13.1 Å². The average Bonchev–Trinajstić information content (AvgIpc) is 2.40. The van der Waals surface area contributed by atoms with E-state index in [4.69, 9.17) is 0 Å². The molecule has 0 spiro atoms. The van der Waals surface area contributed by atoms with Crippen molar-refractivity contribution in [2.75, 3.05) is 19.6 Å². The maximum absolute atomic E-state index is 10.8. The van der Waals surface area contributed by atoms with Crippen LogP contribution in [0.5, 0.6) is 0 Å². The van der Waals surface area contributed by atoms with Crippen LogP contribution in [-0.4, -0.2) is 36.5 Å². The Labute approximate surface area is 170 Å². The fourth-order valence-electron chi connectivity index (χ4n) is 1.94. The van der Waals surface area contributed by atoms with Gasteiger partial charge in [-0.25, -0.2) is 0 Å². The molecule has 1 aliphatic heterocycles. The van der Waals surface area contributed by atoms with E-state index in [9.17, 15) is 4.79 Å². The molecule has 3 nitrogen and oxygen atoms in total. The molecule has 1 N–H and O–H groups in total. The SMILES string of the molecule is C.C.C.CC(C)N1CCNC(=O)C1.CC(C)c1ccccc1.[Y]. The third-order valence-electron chi connectivity index (χ3n) is 3.26. The molecule has 0 aromatic heterocycles. The molecule has 1 radical (unpaired) electrons. The number of carbonyl (C=O) groups is 1. The topological polar surface area (TPSA) is 32.3 Å². The van der Waals surface area contributed by atoms with Gasteiger partial charge in [0.2, 0.25) is 5.91 Å². The largest absolute Gasteiger partial charge is 0.354 e. The van der Waals surface area contributed by atoms with Crippen molar-refractivity contribution in [2.45, 2.75) is 61.9 Å². The first-order valence-corrected chi connectivity index (χ1v) is 7.06. The minimum Gasteiger partial charge on any atom is -0.354 e. The van der Waals surface area contributed by atoms with Gasteiger partial charge in [-0.15, -0.1) is 0 Å². The van der Waals surface area contributed by atoms with E-state index in [1.165, 1.54) is 5.56 Å². The van der Waals surface area contributed by atoms with Crippen LogP contribution in [0.1, 0.15) is 61.5 Å². The van der Waals surface area contributed by atoms with E-state index in [2.05, 4.69) is 62.2 Å². The van der Waals surface area contributed by atoms with Crippen LogP contribution in [0.2, 0.25) is 0 Å². The zero-order valence-corrected chi connectivity index (χ0v) is 15.9. The molecule has 1 fully saturated rings. The van der Waals surface area contributed by atoms with Gasteiger partial charge in [0.1, 0.15) is 0 Å². The molecule has 0 atom stereocenters. The van der Waals surface area contributed by atoms with Crippen LogP contribution >= 0.6 is 0 Å². The van der Waals surface area contributed by atoms with Crippen LogP contribution in [-0.2, 0) is 37.5 Å². The third kappa shape index (κ3) is 12.8. The Morgan fingerprint density at radius 3 is 1.83 bits per heavy atom. The van der Waals surface area contributed by atoms with E-state index in [1.807, 2.05) is 6.07 Å². The Hall–Kier alpha value is -0.246. The summed E-state index contributed by atoms with van der Waals surface area (Å²) in [7, 11) is 0. The van der Waals surface area contributed by atoms with Gasteiger partial charge in [0.05, 0.1) is 6.54 Å². The minimum absolute atomic E-state index is 0. The molecule has 23 heavy (non-hydrogen) atoms. The van der Waals surface area contributed by atoms with Gasteiger partial charge in [-0.1, -0.05) is 66.5 Å². The number of benzene rings is 1. The molecule has 4 heteroatoms. The van der Waals surface area contributed by atoms with E-state index in [1.54, 1.807) is 0 Å². The standard InChI is InChI=1S/C9H12.C7H14N2O.3CH4.Y/c1-8(2)9-6-4-3-5-7-9;1-6(2)9-4-3-8-7(10)5-9;;;;/h3-8H,1-2H3;6H,3-5H2,1-2H3,(H,8,10);3*1H4;. The number of amides is 1. The van der Waals surface area contributed by atoms with Crippen LogP contribution in [0.3, 0.4) is 0 Å². The normalized spacial score (nSPS) is 13.2. The summed E-state index contributed by atoms with van der Waals surface area (Å²) in [6.07, 6.45) is 0. The first-order valence-electron chi connectivity index (χ1n) is 7.06. The number of carbonyl (C=O) groups excluding carboxylic acids is 1. The summed E-state index contributed by atoms with van der Waals surface area (Å²) in [4.78, 5) is 13.0. The van der Waals surface area contributed by atoms with Crippen molar-refractivity contribution in [3.05, 3.63) is 35.9 Å². The van der Waals surface area contributed by atoms with Crippen molar-refractivity contribution >= 4 is 5.91 Å². The fourth-order valence-corrected chi connectivity index (χ4v) is 1.94. The van der Waals surface area contributed by atoms with Gasteiger partial charge >= 0.3 is 0 Å². The van der Waals surface area contributed by atoms with Crippen LogP contribution in [0.25, 0.3) is 0 Å². The van der Waals surface area contributed by atoms with Crippen molar-refractivity contribution in [1.82, 2.24) is 10.2 Å². The molecule has 133 valence electrons. The van der Waals surface area contributed by atoms with Gasteiger partial charge in [0.25, 0.3) is 0 Å². The quantitative estimate of drug-likeness (QED) is 0.792. The summed E-state index contributed by atoms with van der Waals surface area (Å²) in [5.41, 5.74) is 1.41. The molecule has 1 aliphatic rings. The molecule has 1 saturated heterocycles. The second-order valence-corrected chi connectivity index (χ2v) is 5.48. The number of piperazine rings is 1. The summed E-state index contributed by atoms with van der Waals surface area (Å²) >= 11 is 0. The zero-order chi connectivity index (χ0) is 14.3. The van der Waals surface area contributed by atoms with Crippen molar-refractivity contribution in [2.24, 2.45) is 0 Å². The van der Waals surface area contributed by atoms with E-state index in [-0.39, 0.29) is 60.9 Å². The predicted molar refractivity (Wildman–Crippen MR) is 100 cm³/mol. The number of hydrogen-bond donors (Lipinski definition) is 1. The van der Waals surface area contributed by atoms with Crippen molar-refractivity contribution in [3.63, 3.8) is 0 Å². The maximum Gasteiger partial charge on any atom is 0.234 e. The van der Waals surface area contributed by atoms with E-state index >= 15 is 0 Å². The molecule has 1 aromatic rings. The average molecular weight is 399 g/mol. The molecular weight excluding hydrogens is 361 g/mol. The maximum atomic E-state index is 10.8. The van der Waals surface area contributed by atoms with Gasteiger partial charge < -0.3 is 5.32 Å². The van der Waals surface area contributed by atoms with Crippen LogP contribution in [0.4, 0.5) is 0 Å². The number of nitrogens with one attached hydrogen (secondary N) is 1. The monoisotopic (exact) mass is 399 g/mol. The summed E-state index contributed by atoms with van der Waals surface area (Å²) in [6, 6.07) is 11.0. The molecule has 2 rings (SSSR count). The molecule has 0 unspecified atom stereocenters. The van der Waals surface area contributed by atoms with Crippen LogP contribution < -0.4 is 5.32 Å². The molecular formula is C19H38N2OY. The molecule has 0 saturated carbocycles. The summed E-state index contributed by atoms with van der Waals surface area (Å²) in [6.45, 7) is 11.0. The van der Waals surface area contributed by atoms with Crippen LogP contribution in [0, 0.1) is 0 Å². The number of hydrogen-bond acceptors (Lipinski definition) is 2. The fraction of sp³-hybridized carbons (Fsp3) is 0.632. The van der Waals surface area contributed by atoms with Crippen LogP contribution in [0.15, 0.2) is 30.3 Å². The van der Waals surface area contributed by atoms with Gasteiger partial charge in [-0.3, -0.25) is 9.69 Å². The Balaban J connectivity index is -0.000000134. The first-order chi connectivity index (χ1) is 9.00. The van der Waals surface area contributed by atoms with Gasteiger partial charge in [-0.2, -0.15) is 0 Å². The second-order valence-electron chi connectivity index (χ2n) is 5.48. The predicted octanol–water partition coefficient (Wildman–Crippen LogP) is 4.54. The van der Waals surface area contributed by atoms with Crippen molar-refractivity contribution < 1.29 is 37.5 Å². The summed E-state index contributed by atoms with van der Waals surface area (Å²) in [5.74, 6) is 0.811. The van der Waals surface area contributed by atoms with Gasteiger partial charge in [0, 0.05) is 51.8 Å². The molecule has 1 amide bonds. The van der Waals surface area contributed by atoms with Crippen molar-refractivity contribution in [3.8, 4) is 0 Å². The van der Waals surface area contributed by atoms with Gasteiger partial charge in [-0.05, 0) is 25.3 Å².